The van der Waals surface area contributed by atoms with E-state index in [0.29, 0.717) is 24.6 Å². The van der Waals surface area contributed by atoms with Gasteiger partial charge in [-0.05, 0) is 54.8 Å². The van der Waals surface area contributed by atoms with Crippen LogP contribution in [0.3, 0.4) is 0 Å². The first kappa shape index (κ1) is 19.7. The Morgan fingerprint density at radius 3 is 2.50 bits per heavy atom. The standard InChI is InChI=1S/C22H26N2O4/c1-14-5-7-18(9-15(14)2)24-13-17(11-21(24)25)22(26)23-12-16-6-8-19(27-3)20(10-16)28-4/h5-10,17H,11-13H2,1-4H3,(H,23,26)/t17-/m1/s1. The number of anilines is 1. The third-order valence-corrected chi connectivity index (χ3v) is 5.21. The fourth-order valence-electron chi connectivity index (χ4n) is 3.35. The predicted octanol–water partition coefficient (Wildman–Crippen LogP) is 2.99. The fraction of sp³-hybridized carbons (Fsp3) is 0.364. The molecule has 0 radical (unpaired) electrons. The number of benzene rings is 2. The monoisotopic (exact) mass is 382 g/mol. The summed E-state index contributed by atoms with van der Waals surface area (Å²) in [6, 6.07) is 11.5. The van der Waals surface area contributed by atoms with E-state index in [2.05, 4.69) is 5.32 Å². The number of hydrogen-bond acceptors (Lipinski definition) is 4. The zero-order valence-corrected chi connectivity index (χ0v) is 16.7. The van der Waals surface area contributed by atoms with Crippen molar-refractivity contribution in [2.45, 2.75) is 26.8 Å². The highest BCUT2D eigenvalue weighted by atomic mass is 16.5. The second kappa shape index (κ2) is 8.33. The first-order chi connectivity index (χ1) is 13.4. The minimum Gasteiger partial charge on any atom is -0.493 e. The summed E-state index contributed by atoms with van der Waals surface area (Å²) in [4.78, 5) is 26.7. The molecule has 0 bridgehead atoms. The van der Waals surface area contributed by atoms with Crippen LogP contribution in [0.5, 0.6) is 11.5 Å². The summed E-state index contributed by atoms with van der Waals surface area (Å²) in [7, 11) is 3.16. The van der Waals surface area contributed by atoms with Gasteiger partial charge in [0.15, 0.2) is 11.5 Å². The maximum Gasteiger partial charge on any atom is 0.227 e. The van der Waals surface area contributed by atoms with E-state index in [1.807, 2.05) is 44.2 Å². The summed E-state index contributed by atoms with van der Waals surface area (Å²) >= 11 is 0. The van der Waals surface area contributed by atoms with Crippen molar-refractivity contribution in [3.05, 3.63) is 53.1 Å². The van der Waals surface area contributed by atoms with E-state index >= 15 is 0 Å². The van der Waals surface area contributed by atoms with Gasteiger partial charge in [0.05, 0.1) is 20.1 Å². The number of hydrogen-bond donors (Lipinski definition) is 1. The SMILES string of the molecule is COc1ccc(CNC(=O)[C@@H]2CC(=O)N(c3ccc(C)c(C)c3)C2)cc1OC. The van der Waals surface area contributed by atoms with E-state index in [0.717, 1.165) is 16.8 Å². The maximum atomic E-state index is 12.6. The van der Waals surface area contributed by atoms with Gasteiger partial charge in [-0.15, -0.1) is 0 Å². The van der Waals surface area contributed by atoms with Gasteiger partial charge in [-0.3, -0.25) is 9.59 Å². The highest BCUT2D eigenvalue weighted by Crippen LogP contribution is 2.28. The predicted molar refractivity (Wildman–Crippen MR) is 108 cm³/mol. The lowest BCUT2D eigenvalue weighted by molar-refractivity contribution is -0.126. The molecule has 1 N–H and O–H groups in total. The minimum absolute atomic E-state index is 0.0190. The largest absolute Gasteiger partial charge is 0.493 e. The van der Waals surface area contributed by atoms with Crippen LogP contribution >= 0.6 is 0 Å². The third kappa shape index (κ3) is 4.11. The topological polar surface area (TPSA) is 67.9 Å². The Kier molecular flexibility index (Phi) is 5.87. The molecule has 1 fully saturated rings. The zero-order chi connectivity index (χ0) is 20.3. The van der Waals surface area contributed by atoms with Crippen LogP contribution in [0, 0.1) is 19.8 Å². The van der Waals surface area contributed by atoms with E-state index in [1.54, 1.807) is 25.2 Å². The lowest BCUT2D eigenvalue weighted by Gasteiger charge is -2.18. The van der Waals surface area contributed by atoms with Crippen molar-refractivity contribution in [2.24, 2.45) is 5.92 Å². The second-order valence-electron chi connectivity index (χ2n) is 7.08. The lowest BCUT2D eigenvalue weighted by Crippen LogP contribution is -2.32. The molecule has 1 heterocycles. The van der Waals surface area contributed by atoms with E-state index in [9.17, 15) is 9.59 Å². The van der Waals surface area contributed by atoms with Crippen molar-refractivity contribution in [3.8, 4) is 11.5 Å². The van der Waals surface area contributed by atoms with Crippen molar-refractivity contribution in [1.29, 1.82) is 0 Å². The minimum atomic E-state index is -0.353. The molecule has 1 aliphatic rings. The molecular formula is C22H26N2O4. The average Bonchev–Trinajstić information content (AvgIpc) is 3.09. The molecule has 148 valence electrons. The number of carbonyl (C=O) groups excluding carboxylic acids is 2. The molecule has 2 amide bonds. The molecule has 0 unspecified atom stereocenters. The van der Waals surface area contributed by atoms with E-state index in [4.69, 9.17) is 9.47 Å². The number of amides is 2. The quantitative estimate of drug-likeness (QED) is 0.834. The van der Waals surface area contributed by atoms with Gasteiger partial charge < -0.3 is 19.7 Å². The Bertz CT molecular complexity index is 894. The summed E-state index contributed by atoms with van der Waals surface area (Å²) in [6.07, 6.45) is 0.227. The van der Waals surface area contributed by atoms with Gasteiger partial charge in [0.25, 0.3) is 0 Å². The summed E-state index contributed by atoms with van der Waals surface area (Å²) in [6.45, 7) is 4.83. The van der Waals surface area contributed by atoms with Crippen LogP contribution in [0.2, 0.25) is 0 Å². The van der Waals surface area contributed by atoms with E-state index < -0.39 is 0 Å². The van der Waals surface area contributed by atoms with E-state index in [1.165, 1.54) is 5.56 Å². The Morgan fingerprint density at radius 1 is 1.07 bits per heavy atom. The summed E-state index contributed by atoms with van der Waals surface area (Å²) < 4.78 is 10.5. The van der Waals surface area contributed by atoms with Crippen LogP contribution in [0.1, 0.15) is 23.1 Å². The summed E-state index contributed by atoms with van der Waals surface area (Å²) in [5.41, 5.74) is 4.07. The number of nitrogens with one attached hydrogen (secondary N) is 1. The molecule has 0 aliphatic carbocycles. The molecule has 3 rings (SSSR count). The molecule has 6 heteroatoms. The van der Waals surface area contributed by atoms with Crippen molar-refractivity contribution >= 4 is 17.5 Å². The normalized spacial score (nSPS) is 16.2. The van der Waals surface area contributed by atoms with Gasteiger partial charge in [-0.1, -0.05) is 12.1 Å². The van der Waals surface area contributed by atoms with Gasteiger partial charge >= 0.3 is 0 Å². The van der Waals surface area contributed by atoms with Gasteiger partial charge in [-0.25, -0.2) is 0 Å². The van der Waals surface area contributed by atoms with Gasteiger partial charge in [0.2, 0.25) is 11.8 Å². The molecule has 2 aromatic carbocycles. The van der Waals surface area contributed by atoms with Crippen LogP contribution in [-0.4, -0.2) is 32.6 Å². The summed E-state index contributed by atoms with van der Waals surface area (Å²) in [5.74, 6) is 0.771. The molecule has 0 saturated carbocycles. The van der Waals surface area contributed by atoms with Gasteiger partial charge in [0.1, 0.15) is 0 Å². The van der Waals surface area contributed by atoms with E-state index in [-0.39, 0.29) is 24.2 Å². The van der Waals surface area contributed by atoms with Crippen LogP contribution in [0.25, 0.3) is 0 Å². The van der Waals surface area contributed by atoms with Crippen molar-refractivity contribution in [3.63, 3.8) is 0 Å². The fourth-order valence-corrected chi connectivity index (χ4v) is 3.35. The highest BCUT2D eigenvalue weighted by molar-refractivity contribution is 6.00. The van der Waals surface area contributed by atoms with Crippen LogP contribution in [-0.2, 0) is 16.1 Å². The molecular weight excluding hydrogens is 356 g/mol. The second-order valence-corrected chi connectivity index (χ2v) is 7.08. The number of rotatable bonds is 6. The zero-order valence-electron chi connectivity index (χ0n) is 16.7. The Balaban J connectivity index is 1.62. The third-order valence-electron chi connectivity index (χ3n) is 5.21. The van der Waals surface area contributed by atoms with Crippen molar-refractivity contribution in [2.75, 3.05) is 25.7 Å². The molecule has 6 nitrogen and oxygen atoms in total. The first-order valence-corrected chi connectivity index (χ1v) is 9.29. The van der Waals surface area contributed by atoms with Crippen molar-refractivity contribution < 1.29 is 19.1 Å². The van der Waals surface area contributed by atoms with Crippen LogP contribution in [0.15, 0.2) is 36.4 Å². The lowest BCUT2D eigenvalue weighted by atomic mass is 10.1. The molecule has 28 heavy (non-hydrogen) atoms. The van der Waals surface area contributed by atoms with Gasteiger partial charge in [-0.2, -0.15) is 0 Å². The number of carbonyl (C=O) groups is 2. The maximum absolute atomic E-state index is 12.6. The molecule has 1 atom stereocenters. The molecule has 1 saturated heterocycles. The number of nitrogens with zero attached hydrogens (tertiary/aromatic N) is 1. The van der Waals surface area contributed by atoms with Crippen LogP contribution < -0.4 is 19.7 Å². The molecule has 0 spiro atoms. The summed E-state index contributed by atoms with van der Waals surface area (Å²) in [5, 5.41) is 2.93. The number of aryl methyl sites for hydroxylation is 2. The highest BCUT2D eigenvalue weighted by Gasteiger charge is 2.35. The Hall–Kier alpha value is -3.02. The number of methoxy groups -OCH3 is 2. The molecule has 0 aromatic heterocycles. The smallest absolute Gasteiger partial charge is 0.227 e. The van der Waals surface area contributed by atoms with Crippen LogP contribution in [0.4, 0.5) is 5.69 Å². The Labute approximate surface area is 165 Å². The number of ether oxygens (including phenoxy) is 2. The molecule has 1 aliphatic heterocycles. The average molecular weight is 382 g/mol. The van der Waals surface area contributed by atoms with Crippen molar-refractivity contribution in [1.82, 2.24) is 5.32 Å². The first-order valence-electron chi connectivity index (χ1n) is 9.29. The molecule has 2 aromatic rings. The van der Waals surface area contributed by atoms with Gasteiger partial charge in [0, 0.05) is 25.2 Å². The Morgan fingerprint density at radius 2 is 1.82 bits per heavy atom.